The van der Waals surface area contributed by atoms with Crippen LogP contribution in [0.3, 0.4) is 0 Å². The number of methoxy groups -OCH3 is 4. The molecule has 0 heterocycles. The molecule has 0 aliphatic rings. The van der Waals surface area contributed by atoms with E-state index in [-0.39, 0.29) is 4.90 Å². The fraction of sp³-hybridized carbons (Fsp3) is 0.519. The van der Waals surface area contributed by atoms with E-state index in [4.69, 9.17) is 50.5 Å². The molecule has 180 valence electrons. The molecule has 0 bridgehead atoms. The second-order valence-electron chi connectivity index (χ2n) is 6.19. The zero-order valence-electron chi connectivity index (χ0n) is 42.8. The fourth-order valence-corrected chi connectivity index (χ4v) is 2.49. The van der Waals surface area contributed by atoms with Gasteiger partial charge in [-0.1, -0.05) is 25.8 Å². The van der Waals surface area contributed by atoms with Crippen LogP contribution < -0.4 is 18.9 Å². The first-order chi connectivity index (χ1) is 25.6. The maximum Gasteiger partial charge on any atom is 0.161 e. The van der Waals surface area contributed by atoms with Crippen LogP contribution in [-0.4, -0.2) is 53.2 Å². The van der Waals surface area contributed by atoms with E-state index < -0.39 is 123 Å². The minimum absolute atomic E-state index is 0.299. The average Bonchev–Trinajstić information content (AvgIpc) is 3.02. The van der Waals surface area contributed by atoms with Crippen molar-refractivity contribution in [2.45, 2.75) is 38.2 Å². The molecule has 0 saturated heterocycles. The predicted molar refractivity (Wildman–Crippen MR) is 132 cm³/mol. The van der Waals surface area contributed by atoms with E-state index in [1.165, 1.54) is 6.07 Å². The van der Waals surface area contributed by atoms with Gasteiger partial charge < -0.3 is 23.8 Å². The van der Waals surface area contributed by atoms with Gasteiger partial charge in [-0.2, -0.15) is 5.26 Å². The van der Waals surface area contributed by atoms with E-state index in [0.717, 1.165) is 14.2 Å². The molecule has 0 amide bonds. The maximum absolute atomic E-state index is 10.8. The molecule has 6 nitrogen and oxygen atoms in total. The van der Waals surface area contributed by atoms with Crippen LogP contribution in [0.25, 0.3) is 0 Å². The quantitative estimate of drug-likeness (QED) is 0.399. The van der Waals surface area contributed by atoms with Crippen molar-refractivity contribution < 1.29 is 53.2 Å². The third-order valence-corrected chi connectivity index (χ3v) is 4.21. The lowest BCUT2D eigenvalue weighted by Gasteiger charge is -2.32. The molecule has 0 aromatic heterocycles. The second kappa shape index (κ2) is 12.4. The Morgan fingerprint density at radius 2 is 1.82 bits per heavy atom. The number of benzene rings is 2. The molecule has 6 heteroatoms. The largest absolute Gasteiger partial charge is 0.493 e. The van der Waals surface area contributed by atoms with Crippen molar-refractivity contribution in [2.24, 2.45) is 5.92 Å². The van der Waals surface area contributed by atoms with Gasteiger partial charge in [0.25, 0.3) is 0 Å². The summed E-state index contributed by atoms with van der Waals surface area (Å²) in [5.41, 5.74) is -6.51. The van der Waals surface area contributed by atoms with Crippen molar-refractivity contribution in [3.63, 3.8) is 0 Å². The molecule has 1 atom stereocenters. The molecule has 2 rings (SSSR count). The molecular weight excluding hydrogens is 416 g/mol. The number of hydrogen-bond acceptors (Lipinski definition) is 6. The summed E-state index contributed by atoms with van der Waals surface area (Å²) < 4.78 is 227. The Morgan fingerprint density at radius 1 is 1.06 bits per heavy atom. The molecule has 33 heavy (non-hydrogen) atoms. The molecule has 2 aromatic rings. The van der Waals surface area contributed by atoms with Gasteiger partial charge in [-0.3, -0.25) is 0 Å². The molecule has 0 saturated carbocycles. The first-order valence-corrected chi connectivity index (χ1v) is 9.01. The molecule has 0 spiro atoms. The maximum atomic E-state index is 10.8. The molecular formula is C27H38N2O4. The van der Waals surface area contributed by atoms with Gasteiger partial charge in [-0.05, 0) is 73.9 Å². The molecule has 0 aliphatic carbocycles. The predicted octanol–water partition coefficient (Wildman–Crippen LogP) is 5.09. The van der Waals surface area contributed by atoms with E-state index in [2.05, 4.69) is 0 Å². The summed E-state index contributed by atoms with van der Waals surface area (Å²) in [6.07, 6.45) is -12.9. The third-order valence-electron chi connectivity index (χ3n) is 4.21. The van der Waals surface area contributed by atoms with Gasteiger partial charge in [-0.15, -0.1) is 0 Å². The lowest BCUT2D eigenvalue weighted by molar-refractivity contribution is 0.292. The number of ether oxygens (including phenoxy) is 4. The highest BCUT2D eigenvalue weighted by Gasteiger charge is 2.36. The number of nitrogens with zero attached hydrogens (tertiary/aromatic N) is 2. The van der Waals surface area contributed by atoms with Crippen LogP contribution in [0, 0.1) is 17.2 Å². The minimum atomic E-state index is -4.56. The summed E-state index contributed by atoms with van der Waals surface area (Å²) in [5, 5.41) is 10.8. The van der Waals surface area contributed by atoms with Crippen molar-refractivity contribution in [1.29, 1.82) is 5.26 Å². The monoisotopic (exact) mass is 479 g/mol. The summed E-state index contributed by atoms with van der Waals surface area (Å²) in [6, 6.07) is -0.665. The summed E-state index contributed by atoms with van der Waals surface area (Å²) in [4.78, 5) is -0.380. The first-order valence-electron chi connectivity index (χ1n) is 21.5. The Kier molecular flexibility index (Phi) is 3.03. The van der Waals surface area contributed by atoms with Crippen molar-refractivity contribution in [2.75, 3.05) is 48.3 Å². The highest BCUT2D eigenvalue weighted by atomic mass is 16.5. The van der Waals surface area contributed by atoms with Crippen LogP contribution in [-0.2, 0) is 11.8 Å². The zero-order valence-corrected chi connectivity index (χ0v) is 17.8. The van der Waals surface area contributed by atoms with E-state index in [0.29, 0.717) is 25.2 Å². The lowest BCUT2D eigenvalue weighted by Crippen LogP contribution is -2.32. The van der Waals surface area contributed by atoms with Gasteiger partial charge in [0, 0.05) is 28.4 Å². The Morgan fingerprint density at radius 3 is 2.48 bits per heavy atom. The van der Waals surface area contributed by atoms with Gasteiger partial charge in [0.15, 0.2) is 23.0 Å². The topological polar surface area (TPSA) is 64.0 Å². The van der Waals surface area contributed by atoms with Crippen LogP contribution >= 0.6 is 0 Å². The number of likely N-dealkylation sites (N-methyl/N-ethyl adjacent to an activating group) is 1. The molecule has 0 aliphatic heterocycles. The molecule has 1 unspecified atom stereocenters. The van der Waals surface area contributed by atoms with Crippen LogP contribution in [0.15, 0.2) is 36.3 Å². The summed E-state index contributed by atoms with van der Waals surface area (Å²) in [7, 11) is -4.46. The zero-order chi connectivity index (χ0) is 46.0. The summed E-state index contributed by atoms with van der Waals surface area (Å²) in [5.74, 6) is -6.69. The summed E-state index contributed by atoms with van der Waals surface area (Å²) in [6.45, 7) is -16.3. The molecule has 0 radical (unpaired) electrons. The van der Waals surface area contributed by atoms with Gasteiger partial charge in [0.2, 0.25) is 0 Å². The standard InChI is InChI=1S/C27H38N2O4/c1-20(2)27(19-28,22-10-12-24(31-5)26(18-22)33-7)14-8-15-29(3)16-13-21-9-11-23(30-4)25(17-21)32-6/h9-12,17-18,20H,8,13-16H2,1-7H3/i1D3,2D3,5D3,7D3,8D2,9D,11D,13D2,14D2,15D2,16D2,17D. The number of rotatable bonds is 13. The average molecular weight is 480 g/mol. The van der Waals surface area contributed by atoms with Gasteiger partial charge in [0.1, 0.15) is 0 Å². The molecule has 0 N–H and O–H groups in total. The van der Waals surface area contributed by atoms with Gasteiger partial charge >= 0.3 is 0 Å². The summed E-state index contributed by atoms with van der Waals surface area (Å²) >= 11 is 0. The van der Waals surface area contributed by atoms with Crippen molar-refractivity contribution >= 4 is 0 Å². The lowest BCUT2D eigenvalue weighted by atomic mass is 9.69. The molecule has 0 fully saturated rings. The Labute approximate surface area is 234 Å². The van der Waals surface area contributed by atoms with Crippen molar-refractivity contribution in [3.8, 4) is 29.1 Å². The van der Waals surface area contributed by atoms with E-state index in [1.807, 2.05) is 0 Å². The minimum Gasteiger partial charge on any atom is -0.493 e. The Hall–Kier alpha value is -2.91. The van der Waals surface area contributed by atoms with E-state index in [1.54, 1.807) is 0 Å². The smallest absolute Gasteiger partial charge is 0.161 e. The fourth-order valence-electron chi connectivity index (χ4n) is 2.49. The van der Waals surface area contributed by atoms with Crippen LogP contribution in [0.2, 0.25) is 0 Å². The highest BCUT2D eigenvalue weighted by Crippen LogP contribution is 2.40. The van der Waals surface area contributed by atoms with E-state index in [9.17, 15) is 8.00 Å². The van der Waals surface area contributed by atoms with Crippen LogP contribution in [0.1, 0.15) is 71.8 Å². The molecule has 2 aromatic carbocycles. The highest BCUT2D eigenvalue weighted by molar-refractivity contribution is 5.47. The number of hydrogen-bond donors (Lipinski definition) is 0. The van der Waals surface area contributed by atoms with Crippen molar-refractivity contribution in [3.05, 3.63) is 47.5 Å². The normalized spacial score (nSPS) is 27.7. The number of nitriles is 1. The van der Waals surface area contributed by atoms with Crippen molar-refractivity contribution in [1.82, 2.24) is 4.90 Å². The Bertz CT molecular complexity index is 1860. The Balaban J connectivity index is 3.17. The van der Waals surface area contributed by atoms with Crippen LogP contribution in [0.4, 0.5) is 0 Å². The van der Waals surface area contributed by atoms with E-state index >= 15 is 0 Å². The van der Waals surface area contributed by atoms with Gasteiger partial charge in [-0.25, -0.2) is 0 Å². The second-order valence-corrected chi connectivity index (χ2v) is 6.19. The SMILES string of the molecule is [2H]c1c([2H])c(C([2H])([2H])C([2H])([2H])N(C)C([2H])([2H])C([2H])([2H])C([2H])([2H])C(C#N)(c2ccc(OC([2H])([2H])[2H])c(OC([2H])([2H])[2H])c2)C(C([2H])([2H])[2H])C([2H])([2H])[2H])c([2H])c(OC)c1OC. The third kappa shape index (κ3) is 6.33. The van der Waals surface area contributed by atoms with Gasteiger partial charge in [0.05, 0.1) is 52.1 Å². The van der Waals surface area contributed by atoms with Crippen LogP contribution in [0.5, 0.6) is 23.0 Å². The first kappa shape index (κ1) is 8.09.